The molecule has 0 aliphatic carbocycles. The number of anilines is 2. The zero-order valence-electron chi connectivity index (χ0n) is 18.5. The van der Waals surface area contributed by atoms with Crippen molar-refractivity contribution in [3.05, 3.63) is 51.7 Å². The van der Waals surface area contributed by atoms with E-state index in [9.17, 15) is 9.59 Å². The summed E-state index contributed by atoms with van der Waals surface area (Å²) in [6.45, 7) is 9.98. The molecule has 0 atom stereocenters. The molecule has 3 amide bonds. The van der Waals surface area contributed by atoms with Crippen LogP contribution in [0.1, 0.15) is 27.2 Å². The molecule has 4 rings (SSSR count). The van der Waals surface area contributed by atoms with Crippen LogP contribution < -0.4 is 9.80 Å². The Morgan fingerprint density at radius 2 is 1.68 bits per heavy atom. The normalized spacial score (nSPS) is 17.0. The number of nitrogens with zero attached hydrogens (tertiary/aromatic N) is 5. The number of urea groups is 1. The highest BCUT2D eigenvalue weighted by atomic mass is 35.5. The number of hydrogen-bond acceptors (Lipinski definition) is 4. The van der Waals surface area contributed by atoms with E-state index < -0.39 is 0 Å². The molecule has 2 aliphatic rings. The summed E-state index contributed by atoms with van der Waals surface area (Å²) in [6.07, 6.45) is 0. The Balaban J connectivity index is 1.52. The van der Waals surface area contributed by atoms with Crippen molar-refractivity contribution in [3.8, 4) is 0 Å². The number of pyridine rings is 1. The minimum absolute atomic E-state index is 0.0709. The molecule has 0 radical (unpaired) electrons. The molecule has 1 aromatic carbocycles. The second-order valence-corrected chi connectivity index (χ2v) is 8.76. The van der Waals surface area contributed by atoms with Crippen molar-refractivity contribution in [2.45, 2.75) is 20.8 Å². The second kappa shape index (κ2) is 8.38. The first kappa shape index (κ1) is 21.4. The topological polar surface area (TPSA) is 60.0 Å². The molecule has 2 fully saturated rings. The SMILES string of the molecule is Cc1cc(C)c(N2CCN(C(=O)c3ccc(Cl)cc3N3CCN(C)C3=O)CC2)nc1C. The zero-order chi connectivity index (χ0) is 22.3. The Labute approximate surface area is 188 Å². The van der Waals surface area contributed by atoms with Crippen molar-refractivity contribution in [3.63, 3.8) is 0 Å². The van der Waals surface area contributed by atoms with E-state index in [1.54, 1.807) is 35.0 Å². The lowest BCUT2D eigenvalue weighted by atomic mass is 10.1. The Morgan fingerprint density at radius 3 is 2.32 bits per heavy atom. The van der Waals surface area contributed by atoms with E-state index in [2.05, 4.69) is 24.8 Å². The summed E-state index contributed by atoms with van der Waals surface area (Å²) in [5, 5.41) is 0.509. The molecule has 0 saturated carbocycles. The number of aryl methyl sites for hydroxylation is 3. The second-order valence-electron chi connectivity index (χ2n) is 8.33. The first-order chi connectivity index (χ1) is 14.8. The van der Waals surface area contributed by atoms with E-state index in [0.29, 0.717) is 42.5 Å². The number of carbonyl (C=O) groups is 2. The van der Waals surface area contributed by atoms with E-state index in [0.717, 1.165) is 30.2 Å². The van der Waals surface area contributed by atoms with Gasteiger partial charge in [0.15, 0.2) is 0 Å². The predicted molar refractivity (Wildman–Crippen MR) is 123 cm³/mol. The van der Waals surface area contributed by atoms with Crippen LogP contribution in [-0.4, -0.2) is 73.0 Å². The maximum absolute atomic E-state index is 13.4. The fraction of sp³-hybridized carbons (Fsp3) is 0.435. The first-order valence-corrected chi connectivity index (χ1v) is 11.0. The molecule has 7 nitrogen and oxygen atoms in total. The number of carbonyl (C=O) groups excluding carboxylic acids is 2. The average molecular weight is 442 g/mol. The lowest BCUT2D eigenvalue weighted by Gasteiger charge is -2.36. The van der Waals surface area contributed by atoms with Gasteiger partial charge in [0.05, 0.1) is 11.3 Å². The van der Waals surface area contributed by atoms with Crippen LogP contribution in [0.4, 0.5) is 16.3 Å². The van der Waals surface area contributed by atoms with Crippen LogP contribution in [0.15, 0.2) is 24.3 Å². The van der Waals surface area contributed by atoms with Crippen LogP contribution in [0.2, 0.25) is 5.02 Å². The van der Waals surface area contributed by atoms with Gasteiger partial charge in [0, 0.05) is 57.0 Å². The molecular formula is C23H28ClN5O2. The summed E-state index contributed by atoms with van der Waals surface area (Å²) in [4.78, 5) is 38.1. The molecular weight excluding hydrogens is 414 g/mol. The van der Waals surface area contributed by atoms with Gasteiger partial charge in [-0.2, -0.15) is 0 Å². The van der Waals surface area contributed by atoms with Crippen molar-refractivity contribution in [1.82, 2.24) is 14.8 Å². The third kappa shape index (κ3) is 4.06. The van der Waals surface area contributed by atoms with E-state index in [1.807, 2.05) is 11.8 Å². The minimum atomic E-state index is -0.113. The van der Waals surface area contributed by atoms with E-state index in [4.69, 9.17) is 16.6 Å². The number of amides is 3. The van der Waals surface area contributed by atoms with Crippen molar-refractivity contribution in [2.75, 3.05) is 56.1 Å². The summed E-state index contributed by atoms with van der Waals surface area (Å²) in [7, 11) is 1.76. The van der Waals surface area contributed by atoms with Crippen molar-refractivity contribution >= 4 is 35.0 Å². The summed E-state index contributed by atoms with van der Waals surface area (Å²) < 4.78 is 0. The molecule has 1 aromatic heterocycles. The fourth-order valence-corrected chi connectivity index (χ4v) is 4.39. The number of benzene rings is 1. The lowest BCUT2D eigenvalue weighted by Crippen LogP contribution is -2.49. The van der Waals surface area contributed by atoms with Gasteiger partial charge in [-0.1, -0.05) is 17.7 Å². The number of piperazine rings is 1. The summed E-state index contributed by atoms with van der Waals surface area (Å²) in [5.41, 5.74) is 4.47. The Kier molecular flexibility index (Phi) is 5.79. The largest absolute Gasteiger partial charge is 0.353 e. The van der Waals surface area contributed by atoms with E-state index in [-0.39, 0.29) is 11.9 Å². The standard InChI is InChI=1S/C23H28ClN5O2/c1-15-13-16(2)21(25-17(15)3)27-8-10-28(11-9-27)22(30)19-6-5-18(24)14-20(19)29-12-7-26(4)23(29)31/h5-6,13-14H,7-12H2,1-4H3. The molecule has 0 N–H and O–H groups in total. The molecule has 2 saturated heterocycles. The molecule has 0 unspecified atom stereocenters. The number of rotatable bonds is 3. The van der Waals surface area contributed by atoms with Crippen LogP contribution in [0.3, 0.4) is 0 Å². The Bertz CT molecular complexity index is 1030. The molecule has 0 spiro atoms. The number of hydrogen-bond donors (Lipinski definition) is 0. The fourth-order valence-electron chi connectivity index (χ4n) is 4.22. The number of halogens is 1. The lowest BCUT2D eigenvalue weighted by molar-refractivity contribution is 0.0747. The van der Waals surface area contributed by atoms with Crippen LogP contribution >= 0.6 is 11.6 Å². The van der Waals surface area contributed by atoms with Crippen LogP contribution in [0, 0.1) is 20.8 Å². The van der Waals surface area contributed by atoms with Gasteiger partial charge in [-0.05, 0) is 50.1 Å². The summed E-state index contributed by atoms with van der Waals surface area (Å²) in [6, 6.07) is 7.20. The van der Waals surface area contributed by atoms with Gasteiger partial charge in [0.1, 0.15) is 5.82 Å². The third-order valence-corrected chi connectivity index (χ3v) is 6.43. The van der Waals surface area contributed by atoms with Gasteiger partial charge in [-0.3, -0.25) is 9.69 Å². The third-order valence-electron chi connectivity index (χ3n) is 6.19. The highest BCUT2D eigenvalue weighted by Crippen LogP contribution is 2.29. The smallest absolute Gasteiger partial charge is 0.324 e. The first-order valence-electron chi connectivity index (χ1n) is 10.6. The van der Waals surface area contributed by atoms with Gasteiger partial charge >= 0.3 is 6.03 Å². The highest BCUT2D eigenvalue weighted by Gasteiger charge is 2.32. The monoisotopic (exact) mass is 441 g/mol. The van der Waals surface area contributed by atoms with Crippen LogP contribution in [0.25, 0.3) is 0 Å². The Morgan fingerprint density at radius 1 is 0.968 bits per heavy atom. The summed E-state index contributed by atoms with van der Waals surface area (Å²) >= 11 is 6.21. The average Bonchev–Trinajstić information content (AvgIpc) is 3.08. The van der Waals surface area contributed by atoms with Crippen molar-refractivity contribution < 1.29 is 9.59 Å². The maximum Gasteiger partial charge on any atom is 0.324 e. The maximum atomic E-state index is 13.4. The van der Waals surface area contributed by atoms with Gasteiger partial charge in [-0.15, -0.1) is 0 Å². The quantitative estimate of drug-likeness (QED) is 0.731. The molecule has 2 aliphatic heterocycles. The molecule has 0 bridgehead atoms. The molecule has 2 aromatic rings. The predicted octanol–water partition coefficient (Wildman–Crippen LogP) is 3.49. The van der Waals surface area contributed by atoms with Gasteiger partial charge in [0.2, 0.25) is 0 Å². The van der Waals surface area contributed by atoms with Crippen molar-refractivity contribution in [1.29, 1.82) is 0 Å². The molecule has 31 heavy (non-hydrogen) atoms. The van der Waals surface area contributed by atoms with Gasteiger partial charge in [-0.25, -0.2) is 9.78 Å². The molecule has 3 heterocycles. The molecule has 8 heteroatoms. The van der Waals surface area contributed by atoms with Crippen LogP contribution in [0.5, 0.6) is 0 Å². The van der Waals surface area contributed by atoms with Crippen LogP contribution in [-0.2, 0) is 0 Å². The number of likely N-dealkylation sites (N-methyl/N-ethyl adjacent to an activating group) is 1. The zero-order valence-corrected chi connectivity index (χ0v) is 19.2. The highest BCUT2D eigenvalue weighted by molar-refractivity contribution is 6.31. The van der Waals surface area contributed by atoms with E-state index >= 15 is 0 Å². The van der Waals surface area contributed by atoms with Gasteiger partial charge in [0.25, 0.3) is 5.91 Å². The molecule has 164 valence electrons. The van der Waals surface area contributed by atoms with Gasteiger partial charge < -0.3 is 14.7 Å². The van der Waals surface area contributed by atoms with E-state index in [1.165, 1.54) is 5.56 Å². The van der Waals surface area contributed by atoms with Crippen molar-refractivity contribution in [2.24, 2.45) is 0 Å². The number of aromatic nitrogens is 1. The minimum Gasteiger partial charge on any atom is -0.353 e. The summed E-state index contributed by atoms with van der Waals surface area (Å²) in [5.74, 6) is 0.923. The Hall–Kier alpha value is -2.80.